The van der Waals surface area contributed by atoms with Gasteiger partial charge in [0.15, 0.2) is 0 Å². The third kappa shape index (κ3) is 2.48. The molecule has 3 aromatic rings. The number of nitrogens with zero attached hydrogens (tertiary/aromatic N) is 1. The van der Waals surface area contributed by atoms with Crippen molar-refractivity contribution in [2.45, 2.75) is 26.3 Å². The summed E-state index contributed by atoms with van der Waals surface area (Å²) in [7, 11) is 0. The van der Waals surface area contributed by atoms with Crippen molar-refractivity contribution in [3.8, 4) is 0 Å². The molecule has 4 heteroatoms. The van der Waals surface area contributed by atoms with Crippen LogP contribution < -0.4 is 10.4 Å². The van der Waals surface area contributed by atoms with Gasteiger partial charge in [0.1, 0.15) is 0 Å². The summed E-state index contributed by atoms with van der Waals surface area (Å²) < 4.78 is 0. The molecule has 3 rings (SSSR count). The fourth-order valence-electron chi connectivity index (χ4n) is 2.62. The minimum absolute atomic E-state index is 0.185. The number of hydrogen-bond donors (Lipinski definition) is 1. The normalized spacial score (nSPS) is 12.5. The van der Waals surface area contributed by atoms with E-state index in [0.717, 1.165) is 33.7 Å². The van der Waals surface area contributed by atoms with E-state index in [1.165, 1.54) is 0 Å². The quantitative estimate of drug-likeness (QED) is 0.751. The van der Waals surface area contributed by atoms with Gasteiger partial charge in [0, 0.05) is 34.9 Å². The predicted octanol–water partition coefficient (Wildman–Crippen LogP) is 2.96. The van der Waals surface area contributed by atoms with Gasteiger partial charge in [0.2, 0.25) is 0 Å². The Kier molecular flexibility index (Phi) is 3.67. The Balaban J connectivity index is 2.29. The number of benzene rings is 2. The Labute approximate surface area is 128 Å². The molecule has 0 spiro atoms. The molecule has 0 aliphatic rings. The molecular formula is C18H17N2O2-. The van der Waals surface area contributed by atoms with Gasteiger partial charge in [-0.2, -0.15) is 0 Å². The van der Waals surface area contributed by atoms with Crippen LogP contribution in [0.15, 0.2) is 42.7 Å². The molecule has 4 nitrogen and oxygen atoms in total. The number of hydrogen-bond acceptors (Lipinski definition) is 4. The molecule has 1 N–H and O–H groups in total. The van der Waals surface area contributed by atoms with Crippen LogP contribution in [0.4, 0.5) is 5.69 Å². The van der Waals surface area contributed by atoms with Crippen LogP contribution >= 0.6 is 0 Å². The number of carboxylic acids is 1. The van der Waals surface area contributed by atoms with E-state index in [9.17, 15) is 9.90 Å². The highest BCUT2D eigenvalue weighted by atomic mass is 16.4. The van der Waals surface area contributed by atoms with Gasteiger partial charge in [0.25, 0.3) is 0 Å². The predicted molar refractivity (Wildman–Crippen MR) is 87.0 cm³/mol. The molecule has 2 aromatic carbocycles. The first-order valence-electron chi connectivity index (χ1n) is 7.38. The molecule has 0 aliphatic heterocycles. The Morgan fingerprint density at radius 3 is 2.77 bits per heavy atom. The largest absolute Gasteiger partial charge is 0.545 e. The molecule has 0 fully saturated rings. The third-order valence-electron chi connectivity index (χ3n) is 4.00. The maximum atomic E-state index is 11.1. The summed E-state index contributed by atoms with van der Waals surface area (Å²) in [5.41, 5.74) is 1.18. The van der Waals surface area contributed by atoms with Crippen LogP contribution in [0.2, 0.25) is 0 Å². The zero-order valence-corrected chi connectivity index (χ0v) is 12.6. The second kappa shape index (κ2) is 5.64. The van der Waals surface area contributed by atoms with Crippen LogP contribution in [0.25, 0.3) is 21.5 Å². The molecule has 0 aliphatic carbocycles. The molecule has 1 heterocycles. The number of carbonyl (C=O) groups is 1. The van der Waals surface area contributed by atoms with Crippen LogP contribution in [0.5, 0.6) is 0 Å². The molecule has 1 aromatic heterocycles. The highest BCUT2D eigenvalue weighted by molar-refractivity contribution is 6.13. The Morgan fingerprint density at radius 2 is 2.05 bits per heavy atom. The van der Waals surface area contributed by atoms with Crippen LogP contribution in [0.3, 0.4) is 0 Å². The van der Waals surface area contributed by atoms with E-state index < -0.39 is 5.97 Å². The van der Waals surface area contributed by atoms with Gasteiger partial charge in [-0.05, 0) is 47.9 Å². The second-order valence-corrected chi connectivity index (χ2v) is 5.52. The smallest absolute Gasteiger partial charge is 0.0715 e. The topological polar surface area (TPSA) is 65.0 Å². The first-order valence-corrected chi connectivity index (χ1v) is 7.38. The monoisotopic (exact) mass is 293 g/mol. The number of anilines is 1. The van der Waals surface area contributed by atoms with Crippen molar-refractivity contribution in [1.82, 2.24) is 4.98 Å². The number of carboxylic acid groups (broad SMARTS) is 1. The molecule has 0 radical (unpaired) electrons. The fraction of sp³-hybridized carbons (Fsp3) is 0.222. The van der Waals surface area contributed by atoms with Crippen LogP contribution in [0, 0.1) is 0 Å². The van der Waals surface area contributed by atoms with Gasteiger partial charge in [-0.25, -0.2) is 0 Å². The van der Waals surface area contributed by atoms with Crippen LogP contribution in [0.1, 0.15) is 30.6 Å². The lowest BCUT2D eigenvalue weighted by Crippen LogP contribution is -2.22. The van der Waals surface area contributed by atoms with E-state index >= 15 is 0 Å². The lowest BCUT2D eigenvalue weighted by atomic mass is 9.99. The number of aromatic carboxylic acids is 1. The average Bonchev–Trinajstić information content (AvgIpc) is 2.54. The van der Waals surface area contributed by atoms with E-state index in [2.05, 4.69) is 24.1 Å². The van der Waals surface area contributed by atoms with E-state index in [4.69, 9.17) is 0 Å². The minimum Gasteiger partial charge on any atom is -0.545 e. The van der Waals surface area contributed by atoms with Gasteiger partial charge in [-0.15, -0.1) is 0 Å². The summed E-state index contributed by atoms with van der Waals surface area (Å²) >= 11 is 0. The summed E-state index contributed by atoms with van der Waals surface area (Å²) in [6, 6.07) is 9.35. The lowest BCUT2D eigenvalue weighted by molar-refractivity contribution is -0.255. The SMILES string of the molecule is CCC(C)Nc1cc2cc(C(=O)[O-])ccc2c2cnccc12. The molecule has 1 atom stereocenters. The number of nitrogens with one attached hydrogen (secondary N) is 1. The number of rotatable bonds is 4. The summed E-state index contributed by atoms with van der Waals surface area (Å²) in [4.78, 5) is 15.3. The Bertz CT molecular complexity index is 858. The highest BCUT2D eigenvalue weighted by Crippen LogP contribution is 2.32. The molecule has 0 amide bonds. The Hall–Kier alpha value is -2.62. The van der Waals surface area contributed by atoms with Gasteiger partial charge in [-0.3, -0.25) is 4.98 Å². The maximum Gasteiger partial charge on any atom is 0.0715 e. The van der Waals surface area contributed by atoms with Crippen molar-refractivity contribution < 1.29 is 9.90 Å². The van der Waals surface area contributed by atoms with Crippen LogP contribution in [-0.2, 0) is 0 Å². The molecule has 0 saturated carbocycles. The van der Waals surface area contributed by atoms with Gasteiger partial charge in [-0.1, -0.05) is 19.1 Å². The number of fused-ring (bicyclic) bond motifs is 3. The number of aromatic nitrogens is 1. The first kappa shape index (κ1) is 14.3. The number of pyridine rings is 1. The van der Waals surface area contributed by atoms with Crippen molar-refractivity contribution >= 4 is 33.2 Å². The summed E-state index contributed by atoms with van der Waals surface area (Å²) in [5, 5.41) is 18.5. The molecule has 112 valence electrons. The van der Waals surface area contributed by atoms with Crippen molar-refractivity contribution in [1.29, 1.82) is 0 Å². The molecule has 22 heavy (non-hydrogen) atoms. The van der Waals surface area contributed by atoms with Crippen molar-refractivity contribution in [3.63, 3.8) is 0 Å². The van der Waals surface area contributed by atoms with Gasteiger partial charge < -0.3 is 15.2 Å². The maximum absolute atomic E-state index is 11.1. The van der Waals surface area contributed by atoms with Crippen LogP contribution in [-0.4, -0.2) is 17.0 Å². The molecular weight excluding hydrogens is 276 g/mol. The summed E-state index contributed by atoms with van der Waals surface area (Å²) in [6.07, 6.45) is 4.59. The van der Waals surface area contributed by atoms with E-state index in [1.807, 2.05) is 24.4 Å². The standard InChI is InChI=1S/C18H18N2O2/c1-3-11(2)20-17-9-13-8-12(18(21)22)4-5-14(13)16-10-19-7-6-15(16)17/h4-11,20H,3H2,1-2H3,(H,21,22)/p-1. The molecule has 0 bridgehead atoms. The minimum atomic E-state index is -1.16. The van der Waals surface area contributed by atoms with E-state index in [1.54, 1.807) is 18.3 Å². The lowest BCUT2D eigenvalue weighted by Gasteiger charge is -2.17. The van der Waals surface area contributed by atoms with Crippen molar-refractivity contribution in [2.75, 3.05) is 5.32 Å². The zero-order chi connectivity index (χ0) is 15.7. The molecule has 1 unspecified atom stereocenters. The van der Waals surface area contributed by atoms with E-state index in [0.29, 0.717) is 6.04 Å². The van der Waals surface area contributed by atoms with Gasteiger partial charge >= 0.3 is 0 Å². The van der Waals surface area contributed by atoms with E-state index in [-0.39, 0.29) is 5.56 Å². The first-order chi connectivity index (χ1) is 10.6. The zero-order valence-electron chi connectivity index (χ0n) is 12.6. The summed E-state index contributed by atoms with van der Waals surface area (Å²) in [5.74, 6) is -1.16. The fourth-order valence-corrected chi connectivity index (χ4v) is 2.62. The Morgan fingerprint density at radius 1 is 1.23 bits per heavy atom. The van der Waals surface area contributed by atoms with Crippen molar-refractivity contribution in [3.05, 3.63) is 48.3 Å². The van der Waals surface area contributed by atoms with Crippen molar-refractivity contribution in [2.24, 2.45) is 0 Å². The summed E-state index contributed by atoms with van der Waals surface area (Å²) in [6.45, 7) is 4.24. The second-order valence-electron chi connectivity index (χ2n) is 5.52. The van der Waals surface area contributed by atoms with Gasteiger partial charge in [0.05, 0.1) is 5.97 Å². The number of carbonyl (C=O) groups excluding carboxylic acids is 1. The third-order valence-corrected chi connectivity index (χ3v) is 4.00. The molecule has 0 saturated heterocycles. The highest BCUT2D eigenvalue weighted by Gasteiger charge is 2.09. The average molecular weight is 293 g/mol.